The summed E-state index contributed by atoms with van der Waals surface area (Å²) in [6, 6.07) is 0.350. The Bertz CT molecular complexity index is 947. The van der Waals surface area contributed by atoms with Crippen molar-refractivity contribution in [2.45, 2.75) is 58.5 Å². The molecule has 5 rings (SSSR count). The fourth-order valence-electron chi connectivity index (χ4n) is 5.05. The molecule has 2 aliphatic heterocycles. The maximum Gasteiger partial charge on any atom is 0.219 e. The van der Waals surface area contributed by atoms with Crippen molar-refractivity contribution >= 4 is 33.3 Å². The van der Waals surface area contributed by atoms with Crippen molar-refractivity contribution in [1.29, 1.82) is 0 Å². The van der Waals surface area contributed by atoms with E-state index in [1.165, 1.54) is 22.2 Å². The van der Waals surface area contributed by atoms with Crippen molar-refractivity contribution in [2.24, 2.45) is 5.92 Å². The lowest BCUT2D eigenvalue weighted by molar-refractivity contribution is -0.129. The van der Waals surface area contributed by atoms with E-state index in [2.05, 4.69) is 17.1 Å². The summed E-state index contributed by atoms with van der Waals surface area (Å²) in [7, 11) is 0. The number of thiophene rings is 1. The van der Waals surface area contributed by atoms with Crippen LogP contribution < -0.4 is 5.32 Å². The minimum absolute atomic E-state index is 0.177. The molecule has 0 saturated carbocycles. The summed E-state index contributed by atoms with van der Waals surface area (Å²) in [5.41, 5.74) is 1.47. The quantitative estimate of drug-likeness (QED) is 0.783. The lowest BCUT2D eigenvalue weighted by atomic mass is 9.89. The van der Waals surface area contributed by atoms with Gasteiger partial charge >= 0.3 is 0 Å². The lowest BCUT2D eigenvalue weighted by Crippen LogP contribution is -2.41. The lowest BCUT2D eigenvalue weighted by Gasteiger charge is -2.32. The highest BCUT2D eigenvalue weighted by Crippen LogP contribution is 2.40. The molecule has 8 heteroatoms. The van der Waals surface area contributed by atoms with E-state index >= 15 is 0 Å². The Labute approximate surface area is 188 Å². The molecule has 0 aromatic carbocycles. The van der Waals surface area contributed by atoms with E-state index in [1.54, 1.807) is 6.92 Å². The van der Waals surface area contributed by atoms with Crippen LogP contribution in [0.3, 0.4) is 0 Å². The van der Waals surface area contributed by atoms with Crippen LogP contribution in [0.2, 0.25) is 0 Å². The molecule has 1 atom stereocenters. The highest BCUT2D eigenvalue weighted by Gasteiger charge is 2.27. The van der Waals surface area contributed by atoms with Crippen LogP contribution in [0.5, 0.6) is 0 Å². The fourth-order valence-corrected chi connectivity index (χ4v) is 6.45. The molecular formula is C23H33N5O2S. The summed E-state index contributed by atoms with van der Waals surface area (Å²) in [6.45, 7) is 9.87. The molecule has 4 heterocycles. The van der Waals surface area contributed by atoms with Crippen molar-refractivity contribution in [3.8, 4) is 0 Å². The largest absolute Gasteiger partial charge is 0.379 e. The van der Waals surface area contributed by atoms with Crippen LogP contribution in [0.15, 0.2) is 0 Å². The number of hydrogen-bond acceptors (Lipinski definition) is 7. The standard InChI is InChI=1S/C23H33N5O2S/c1-15-3-4-18-19(13-15)31-23-21(18)22(24-17-5-7-28(8-6-17)16(2)29)25-20(26-23)14-27-9-11-30-12-10-27/h15,17H,3-14H2,1-2H3,(H,24,25,26)/t15-/m1/s1. The van der Waals surface area contributed by atoms with Crippen LogP contribution in [0.4, 0.5) is 5.82 Å². The predicted molar refractivity (Wildman–Crippen MR) is 124 cm³/mol. The third kappa shape index (κ3) is 4.56. The van der Waals surface area contributed by atoms with Gasteiger partial charge in [-0.15, -0.1) is 11.3 Å². The van der Waals surface area contributed by atoms with Crippen LogP contribution in [0.25, 0.3) is 10.2 Å². The molecule has 2 aromatic rings. The van der Waals surface area contributed by atoms with Gasteiger partial charge in [0.15, 0.2) is 0 Å². The van der Waals surface area contributed by atoms with Crippen LogP contribution in [-0.2, 0) is 28.9 Å². The Morgan fingerprint density at radius 2 is 1.94 bits per heavy atom. The molecule has 0 unspecified atom stereocenters. The van der Waals surface area contributed by atoms with E-state index in [0.29, 0.717) is 6.04 Å². The van der Waals surface area contributed by atoms with Crippen LogP contribution in [0.1, 0.15) is 49.4 Å². The number of aromatic nitrogens is 2. The molecule has 1 amide bonds. The smallest absolute Gasteiger partial charge is 0.219 e. The van der Waals surface area contributed by atoms with Crippen molar-refractivity contribution in [1.82, 2.24) is 19.8 Å². The highest BCUT2D eigenvalue weighted by molar-refractivity contribution is 7.19. The van der Waals surface area contributed by atoms with Gasteiger partial charge in [-0.1, -0.05) is 6.92 Å². The Morgan fingerprint density at radius 1 is 1.16 bits per heavy atom. The third-order valence-electron chi connectivity index (χ3n) is 6.95. The van der Waals surface area contributed by atoms with Gasteiger partial charge in [0.25, 0.3) is 0 Å². The molecule has 2 saturated heterocycles. The molecule has 2 aromatic heterocycles. The number of morpholine rings is 1. The van der Waals surface area contributed by atoms with Crippen molar-refractivity contribution < 1.29 is 9.53 Å². The van der Waals surface area contributed by atoms with E-state index in [1.807, 2.05) is 16.2 Å². The number of ether oxygens (including phenoxy) is 1. The van der Waals surface area contributed by atoms with Crippen LogP contribution in [-0.4, -0.2) is 71.1 Å². The number of carbonyl (C=O) groups is 1. The van der Waals surface area contributed by atoms with Gasteiger partial charge in [0.1, 0.15) is 16.5 Å². The minimum atomic E-state index is 0.177. The SMILES string of the molecule is CC(=O)N1CCC(Nc2nc(CN3CCOCC3)nc3sc4c(c23)CC[C@@H](C)C4)CC1. The Balaban J connectivity index is 1.44. The number of nitrogens with one attached hydrogen (secondary N) is 1. The van der Waals surface area contributed by atoms with E-state index in [9.17, 15) is 4.79 Å². The minimum Gasteiger partial charge on any atom is -0.379 e. The maximum absolute atomic E-state index is 11.7. The van der Waals surface area contributed by atoms with Gasteiger partial charge in [-0.05, 0) is 43.6 Å². The average Bonchev–Trinajstić information content (AvgIpc) is 3.12. The zero-order chi connectivity index (χ0) is 21.4. The zero-order valence-electron chi connectivity index (χ0n) is 18.7. The predicted octanol–water partition coefficient (Wildman–Crippen LogP) is 3.07. The van der Waals surface area contributed by atoms with Crippen LogP contribution >= 0.6 is 11.3 Å². The number of carbonyl (C=O) groups excluding carboxylic acids is 1. The Morgan fingerprint density at radius 3 is 2.68 bits per heavy atom. The second-order valence-corrected chi connectivity index (χ2v) is 10.4. The normalized spacial score (nSPS) is 23.2. The summed E-state index contributed by atoms with van der Waals surface area (Å²) in [4.78, 5) is 28.8. The number of piperidine rings is 1. The van der Waals surface area contributed by atoms with Gasteiger partial charge in [0.05, 0.1) is 25.1 Å². The first-order chi connectivity index (χ1) is 15.1. The van der Waals surface area contributed by atoms with Crippen LogP contribution in [0, 0.1) is 5.92 Å². The molecule has 2 fully saturated rings. The van der Waals surface area contributed by atoms with E-state index in [0.717, 1.165) is 94.0 Å². The first kappa shape index (κ1) is 21.1. The number of likely N-dealkylation sites (tertiary alicyclic amines) is 1. The first-order valence-electron chi connectivity index (χ1n) is 11.7. The molecular weight excluding hydrogens is 410 g/mol. The molecule has 0 spiro atoms. The molecule has 0 radical (unpaired) electrons. The van der Waals surface area contributed by atoms with Gasteiger partial charge in [0, 0.05) is 44.0 Å². The summed E-state index contributed by atoms with van der Waals surface area (Å²) in [5.74, 6) is 2.84. The van der Waals surface area contributed by atoms with E-state index in [4.69, 9.17) is 14.7 Å². The van der Waals surface area contributed by atoms with Gasteiger partial charge in [-0.25, -0.2) is 9.97 Å². The molecule has 7 nitrogen and oxygen atoms in total. The summed E-state index contributed by atoms with van der Waals surface area (Å²) < 4.78 is 5.50. The topological polar surface area (TPSA) is 70.6 Å². The van der Waals surface area contributed by atoms with E-state index < -0.39 is 0 Å². The zero-order valence-corrected chi connectivity index (χ0v) is 19.5. The number of rotatable bonds is 4. The Hall–Kier alpha value is -1.77. The number of amides is 1. The molecule has 3 aliphatic rings. The summed E-state index contributed by atoms with van der Waals surface area (Å²) in [5, 5.41) is 5.04. The molecule has 168 valence electrons. The monoisotopic (exact) mass is 443 g/mol. The number of nitrogens with zero attached hydrogens (tertiary/aromatic N) is 4. The molecule has 1 N–H and O–H groups in total. The van der Waals surface area contributed by atoms with E-state index in [-0.39, 0.29) is 5.91 Å². The Kier molecular flexibility index (Phi) is 6.12. The second-order valence-electron chi connectivity index (χ2n) is 9.33. The number of hydrogen-bond donors (Lipinski definition) is 1. The number of aryl methyl sites for hydroxylation is 1. The highest BCUT2D eigenvalue weighted by atomic mass is 32.1. The van der Waals surface area contributed by atoms with Gasteiger partial charge < -0.3 is 15.0 Å². The average molecular weight is 444 g/mol. The maximum atomic E-state index is 11.7. The molecule has 1 aliphatic carbocycles. The summed E-state index contributed by atoms with van der Waals surface area (Å²) >= 11 is 1.87. The van der Waals surface area contributed by atoms with Crippen molar-refractivity contribution in [2.75, 3.05) is 44.7 Å². The summed E-state index contributed by atoms with van der Waals surface area (Å²) in [6.07, 6.45) is 5.46. The first-order valence-corrected chi connectivity index (χ1v) is 12.5. The fraction of sp³-hybridized carbons (Fsp3) is 0.696. The molecule has 0 bridgehead atoms. The third-order valence-corrected chi connectivity index (χ3v) is 8.10. The van der Waals surface area contributed by atoms with Crippen molar-refractivity contribution in [3.05, 3.63) is 16.3 Å². The van der Waals surface area contributed by atoms with Gasteiger partial charge in [0.2, 0.25) is 5.91 Å². The number of fused-ring (bicyclic) bond motifs is 3. The second kappa shape index (κ2) is 9.00. The number of anilines is 1. The molecule has 31 heavy (non-hydrogen) atoms. The van der Waals surface area contributed by atoms with Crippen molar-refractivity contribution in [3.63, 3.8) is 0 Å². The van der Waals surface area contributed by atoms with Gasteiger partial charge in [-0.2, -0.15) is 0 Å². The van der Waals surface area contributed by atoms with Gasteiger partial charge in [-0.3, -0.25) is 9.69 Å².